The summed E-state index contributed by atoms with van der Waals surface area (Å²) in [6, 6.07) is 12.5. The molecule has 82 valence electrons. The van der Waals surface area contributed by atoms with Crippen molar-refractivity contribution in [3.63, 3.8) is 0 Å². The summed E-state index contributed by atoms with van der Waals surface area (Å²) in [4.78, 5) is 10.9. The second-order valence-electron chi connectivity index (χ2n) is 4.05. The number of fused-ring (bicyclic) bond motifs is 1. The monoisotopic (exact) mass is 213 g/mol. The van der Waals surface area contributed by atoms with E-state index in [1.807, 2.05) is 12.1 Å². The molecule has 0 heterocycles. The van der Waals surface area contributed by atoms with Crippen LogP contribution in [0, 0.1) is 6.92 Å². The zero-order valence-corrected chi connectivity index (χ0v) is 9.58. The van der Waals surface area contributed by atoms with Crippen LogP contribution in [0.5, 0.6) is 0 Å². The van der Waals surface area contributed by atoms with Crippen molar-refractivity contribution in [1.29, 1.82) is 0 Å². The summed E-state index contributed by atoms with van der Waals surface area (Å²) in [5.41, 5.74) is 2.39. The van der Waals surface area contributed by atoms with Crippen molar-refractivity contribution < 1.29 is 4.79 Å². The number of hydrogen-bond donors (Lipinski definition) is 1. The number of rotatable bonds is 2. The molecule has 0 atom stereocenters. The SMILES string of the molecule is CC(=O)NCc1cc(C)cc2ccccc12. The number of benzene rings is 2. The molecule has 16 heavy (non-hydrogen) atoms. The first-order chi connectivity index (χ1) is 7.66. The summed E-state index contributed by atoms with van der Waals surface area (Å²) < 4.78 is 0. The highest BCUT2D eigenvalue weighted by Crippen LogP contribution is 2.20. The number of aryl methyl sites for hydroxylation is 1. The van der Waals surface area contributed by atoms with E-state index in [4.69, 9.17) is 0 Å². The molecule has 0 saturated carbocycles. The van der Waals surface area contributed by atoms with Gasteiger partial charge in [0.1, 0.15) is 0 Å². The third-order valence-electron chi connectivity index (χ3n) is 2.62. The van der Waals surface area contributed by atoms with Gasteiger partial charge in [-0.05, 0) is 23.3 Å². The molecule has 0 spiro atoms. The van der Waals surface area contributed by atoms with Crippen LogP contribution in [0.4, 0.5) is 0 Å². The molecule has 1 amide bonds. The molecule has 0 unspecified atom stereocenters. The summed E-state index contributed by atoms with van der Waals surface area (Å²) in [6.07, 6.45) is 0. The molecule has 2 aromatic carbocycles. The van der Waals surface area contributed by atoms with E-state index >= 15 is 0 Å². The van der Waals surface area contributed by atoms with E-state index in [-0.39, 0.29) is 5.91 Å². The smallest absolute Gasteiger partial charge is 0.217 e. The molecule has 0 bridgehead atoms. The van der Waals surface area contributed by atoms with Crippen molar-refractivity contribution in [2.24, 2.45) is 0 Å². The van der Waals surface area contributed by atoms with Crippen LogP contribution in [0.15, 0.2) is 36.4 Å². The number of hydrogen-bond acceptors (Lipinski definition) is 1. The molecule has 2 nitrogen and oxygen atoms in total. The summed E-state index contributed by atoms with van der Waals surface area (Å²) in [5, 5.41) is 5.28. The zero-order chi connectivity index (χ0) is 11.5. The Labute approximate surface area is 95.3 Å². The highest BCUT2D eigenvalue weighted by Gasteiger charge is 2.02. The lowest BCUT2D eigenvalue weighted by atomic mass is 10.0. The topological polar surface area (TPSA) is 29.1 Å². The van der Waals surface area contributed by atoms with Gasteiger partial charge in [0.15, 0.2) is 0 Å². The normalized spacial score (nSPS) is 10.4. The minimum atomic E-state index is 0.00517. The Morgan fingerprint density at radius 2 is 2.00 bits per heavy atom. The molecule has 0 aromatic heterocycles. The van der Waals surface area contributed by atoms with Crippen LogP contribution < -0.4 is 5.32 Å². The molecule has 0 fully saturated rings. The average Bonchev–Trinajstić information content (AvgIpc) is 2.25. The Morgan fingerprint density at radius 3 is 2.75 bits per heavy atom. The standard InChI is InChI=1S/C14H15NO/c1-10-7-12-5-3-4-6-14(12)13(8-10)9-15-11(2)16/h3-8H,9H2,1-2H3,(H,15,16). The first kappa shape index (κ1) is 10.7. The molecule has 0 radical (unpaired) electrons. The first-order valence-corrected chi connectivity index (χ1v) is 5.39. The molecule has 2 heteroatoms. The van der Waals surface area contributed by atoms with E-state index in [0.717, 1.165) is 0 Å². The summed E-state index contributed by atoms with van der Waals surface area (Å²) in [5.74, 6) is 0.00517. The fourth-order valence-corrected chi connectivity index (χ4v) is 1.92. The van der Waals surface area contributed by atoms with Crippen molar-refractivity contribution in [2.45, 2.75) is 20.4 Å². The second-order valence-corrected chi connectivity index (χ2v) is 4.05. The third kappa shape index (κ3) is 2.22. The maximum Gasteiger partial charge on any atom is 0.217 e. The summed E-state index contributed by atoms with van der Waals surface area (Å²) in [7, 11) is 0. The molecular formula is C14H15NO. The Kier molecular flexibility index (Phi) is 2.91. The van der Waals surface area contributed by atoms with Crippen molar-refractivity contribution in [3.8, 4) is 0 Å². The zero-order valence-electron chi connectivity index (χ0n) is 9.58. The highest BCUT2D eigenvalue weighted by molar-refractivity contribution is 5.86. The highest BCUT2D eigenvalue weighted by atomic mass is 16.1. The van der Waals surface area contributed by atoms with Gasteiger partial charge in [-0.2, -0.15) is 0 Å². The molecular weight excluding hydrogens is 198 g/mol. The Morgan fingerprint density at radius 1 is 1.25 bits per heavy atom. The Balaban J connectivity index is 2.46. The predicted molar refractivity (Wildman–Crippen MR) is 66.2 cm³/mol. The van der Waals surface area contributed by atoms with E-state index in [9.17, 15) is 4.79 Å². The predicted octanol–water partition coefficient (Wildman–Crippen LogP) is 2.78. The number of carbonyl (C=O) groups is 1. The van der Waals surface area contributed by atoms with Gasteiger partial charge in [-0.25, -0.2) is 0 Å². The van der Waals surface area contributed by atoms with Gasteiger partial charge in [-0.3, -0.25) is 4.79 Å². The Hall–Kier alpha value is -1.83. The Bertz CT molecular complexity index is 531. The first-order valence-electron chi connectivity index (χ1n) is 5.39. The molecule has 2 rings (SSSR count). The fraction of sp³-hybridized carbons (Fsp3) is 0.214. The van der Waals surface area contributed by atoms with E-state index < -0.39 is 0 Å². The lowest BCUT2D eigenvalue weighted by Crippen LogP contribution is -2.19. The molecule has 0 aliphatic heterocycles. The number of carbonyl (C=O) groups excluding carboxylic acids is 1. The minimum Gasteiger partial charge on any atom is -0.352 e. The minimum absolute atomic E-state index is 0.00517. The quantitative estimate of drug-likeness (QED) is 0.816. The van der Waals surface area contributed by atoms with Crippen molar-refractivity contribution in [2.75, 3.05) is 0 Å². The lowest BCUT2D eigenvalue weighted by molar-refractivity contribution is -0.119. The van der Waals surface area contributed by atoms with Gasteiger partial charge < -0.3 is 5.32 Å². The molecule has 0 aliphatic carbocycles. The van der Waals surface area contributed by atoms with Crippen LogP contribution in [0.1, 0.15) is 18.1 Å². The van der Waals surface area contributed by atoms with Gasteiger partial charge in [0.2, 0.25) is 5.91 Å². The van der Waals surface area contributed by atoms with E-state index in [0.29, 0.717) is 6.54 Å². The number of nitrogens with one attached hydrogen (secondary N) is 1. The molecule has 0 saturated heterocycles. The van der Waals surface area contributed by atoms with Crippen LogP contribution in [0.3, 0.4) is 0 Å². The van der Waals surface area contributed by atoms with Crippen LogP contribution in [-0.2, 0) is 11.3 Å². The largest absolute Gasteiger partial charge is 0.352 e. The van der Waals surface area contributed by atoms with Crippen LogP contribution in [0.25, 0.3) is 10.8 Å². The van der Waals surface area contributed by atoms with E-state index in [1.54, 1.807) is 0 Å². The van der Waals surface area contributed by atoms with Gasteiger partial charge in [-0.1, -0.05) is 42.0 Å². The fourth-order valence-electron chi connectivity index (χ4n) is 1.92. The van der Waals surface area contributed by atoms with Gasteiger partial charge in [-0.15, -0.1) is 0 Å². The van der Waals surface area contributed by atoms with Gasteiger partial charge in [0, 0.05) is 13.5 Å². The van der Waals surface area contributed by atoms with E-state index in [1.165, 1.54) is 28.8 Å². The maximum atomic E-state index is 10.9. The second kappa shape index (κ2) is 4.35. The van der Waals surface area contributed by atoms with Crippen molar-refractivity contribution in [1.82, 2.24) is 5.32 Å². The van der Waals surface area contributed by atoms with Crippen molar-refractivity contribution in [3.05, 3.63) is 47.5 Å². The molecule has 2 aromatic rings. The molecule has 0 aliphatic rings. The summed E-state index contributed by atoms with van der Waals surface area (Å²) >= 11 is 0. The number of amides is 1. The van der Waals surface area contributed by atoms with Gasteiger partial charge >= 0.3 is 0 Å². The van der Waals surface area contributed by atoms with Gasteiger partial charge in [0.25, 0.3) is 0 Å². The van der Waals surface area contributed by atoms with E-state index in [2.05, 4.69) is 36.5 Å². The summed E-state index contributed by atoms with van der Waals surface area (Å²) in [6.45, 7) is 4.21. The van der Waals surface area contributed by atoms with Crippen LogP contribution in [-0.4, -0.2) is 5.91 Å². The van der Waals surface area contributed by atoms with Crippen LogP contribution >= 0.6 is 0 Å². The third-order valence-corrected chi connectivity index (χ3v) is 2.62. The lowest BCUT2D eigenvalue weighted by Gasteiger charge is -2.08. The average molecular weight is 213 g/mol. The van der Waals surface area contributed by atoms with Gasteiger partial charge in [0.05, 0.1) is 0 Å². The van der Waals surface area contributed by atoms with Crippen molar-refractivity contribution >= 4 is 16.7 Å². The van der Waals surface area contributed by atoms with Crippen LogP contribution in [0.2, 0.25) is 0 Å². The maximum absolute atomic E-state index is 10.9. The molecule has 1 N–H and O–H groups in total.